The molecule has 136 valence electrons. The summed E-state index contributed by atoms with van der Waals surface area (Å²) in [4.78, 5) is 46.7. The summed E-state index contributed by atoms with van der Waals surface area (Å²) in [6.45, 7) is 4.07. The Labute approximate surface area is 150 Å². The number of carbonyl (C=O) groups excluding carboxylic acids is 4. The number of amides is 3. The van der Waals surface area contributed by atoms with Crippen LogP contribution in [0.5, 0.6) is 0 Å². The average molecular weight is 356 g/mol. The van der Waals surface area contributed by atoms with Crippen LogP contribution in [0.4, 0.5) is 16.2 Å². The van der Waals surface area contributed by atoms with Crippen LogP contribution in [0.3, 0.4) is 0 Å². The Bertz CT molecular complexity index is 794. The van der Waals surface area contributed by atoms with Crippen molar-refractivity contribution in [3.8, 4) is 0 Å². The summed E-state index contributed by atoms with van der Waals surface area (Å²) >= 11 is 0. The average Bonchev–Trinajstić information content (AvgIpc) is 2.59. The number of urea groups is 1. The summed E-state index contributed by atoms with van der Waals surface area (Å²) in [7, 11) is 0. The second kappa shape index (κ2) is 8.61. The SMILES string of the molecule is CCNC(=O)CNc1ccc(NC(=O)NC2=CC(=O)C=C(C)C2=O)cc1. The molecule has 2 rings (SSSR count). The third-order valence-electron chi connectivity index (χ3n) is 3.47. The van der Waals surface area contributed by atoms with Crippen LogP contribution >= 0.6 is 0 Å². The monoisotopic (exact) mass is 356 g/mol. The highest BCUT2D eigenvalue weighted by atomic mass is 16.2. The number of benzene rings is 1. The third kappa shape index (κ3) is 5.30. The van der Waals surface area contributed by atoms with E-state index in [4.69, 9.17) is 0 Å². The van der Waals surface area contributed by atoms with Crippen molar-refractivity contribution in [2.45, 2.75) is 13.8 Å². The first-order chi connectivity index (χ1) is 12.4. The number of Topliss-reactive ketones (excluding diaryl/α,β-unsaturated/α-hetero) is 1. The molecular weight excluding hydrogens is 336 g/mol. The highest BCUT2D eigenvalue weighted by molar-refractivity contribution is 6.21. The molecule has 0 aromatic heterocycles. The molecule has 0 aliphatic heterocycles. The lowest BCUT2D eigenvalue weighted by Crippen LogP contribution is -2.33. The van der Waals surface area contributed by atoms with Crippen molar-refractivity contribution in [2.24, 2.45) is 0 Å². The highest BCUT2D eigenvalue weighted by Gasteiger charge is 2.20. The molecule has 1 aliphatic rings. The Morgan fingerprint density at radius 1 is 0.962 bits per heavy atom. The number of ketones is 2. The first-order valence-electron chi connectivity index (χ1n) is 8.06. The number of nitrogens with one attached hydrogen (secondary N) is 4. The Morgan fingerprint density at radius 3 is 2.27 bits per heavy atom. The van der Waals surface area contributed by atoms with Crippen LogP contribution in [0.1, 0.15) is 13.8 Å². The van der Waals surface area contributed by atoms with Crippen molar-refractivity contribution in [1.29, 1.82) is 0 Å². The van der Waals surface area contributed by atoms with E-state index < -0.39 is 11.8 Å². The molecule has 8 nitrogen and oxygen atoms in total. The number of allylic oxidation sites excluding steroid dienone is 3. The van der Waals surface area contributed by atoms with E-state index in [-0.39, 0.29) is 29.5 Å². The Morgan fingerprint density at radius 2 is 1.62 bits per heavy atom. The van der Waals surface area contributed by atoms with Gasteiger partial charge in [-0.3, -0.25) is 14.4 Å². The summed E-state index contributed by atoms with van der Waals surface area (Å²) in [6.07, 6.45) is 2.31. The third-order valence-corrected chi connectivity index (χ3v) is 3.47. The van der Waals surface area contributed by atoms with E-state index in [1.807, 2.05) is 6.92 Å². The normalized spacial score (nSPS) is 13.5. The standard InChI is InChI=1S/C18H20N4O4/c1-3-19-16(24)10-20-12-4-6-13(7-5-12)21-18(26)22-15-9-14(23)8-11(2)17(15)25/h4-9,20H,3,10H2,1-2H3,(H,19,24)(H2,21,22,26). The zero-order chi connectivity index (χ0) is 19.1. The second-order valence-electron chi connectivity index (χ2n) is 5.58. The Balaban J connectivity index is 1.88. The van der Waals surface area contributed by atoms with Gasteiger partial charge in [0.1, 0.15) is 0 Å². The molecule has 0 saturated carbocycles. The molecule has 0 fully saturated rings. The van der Waals surface area contributed by atoms with Gasteiger partial charge in [0.25, 0.3) is 0 Å². The van der Waals surface area contributed by atoms with Crippen LogP contribution in [0.15, 0.2) is 47.7 Å². The lowest BCUT2D eigenvalue weighted by Gasteiger charge is -2.13. The van der Waals surface area contributed by atoms with Gasteiger partial charge in [0.2, 0.25) is 11.7 Å². The molecule has 0 saturated heterocycles. The van der Waals surface area contributed by atoms with Crippen LogP contribution in [0.25, 0.3) is 0 Å². The number of hydrogen-bond donors (Lipinski definition) is 4. The summed E-state index contributed by atoms with van der Waals surface area (Å²) in [5, 5.41) is 10.6. The fourth-order valence-electron chi connectivity index (χ4n) is 2.23. The van der Waals surface area contributed by atoms with Gasteiger partial charge in [0, 0.05) is 29.6 Å². The van der Waals surface area contributed by atoms with E-state index in [1.54, 1.807) is 24.3 Å². The van der Waals surface area contributed by atoms with E-state index in [1.165, 1.54) is 13.0 Å². The van der Waals surface area contributed by atoms with Crippen molar-refractivity contribution in [1.82, 2.24) is 10.6 Å². The predicted molar refractivity (Wildman–Crippen MR) is 97.6 cm³/mol. The van der Waals surface area contributed by atoms with Gasteiger partial charge in [0.05, 0.1) is 12.2 Å². The first-order valence-corrected chi connectivity index (χ1v) is 8.06. The summed E-state index contributed by atoms with van der Waals surface area (Å²) in [5.74, 6) is -0.858. The molecule has 0 unspecified atom stereocenters. The van der Waals surface area contributed by atoms with Crippen LogP contribution in [-0.2, 0) is 14.4 Å². The van der Waals surface area contributed by atoms with Gasteiger partial charge in [-0.25, -0.2) is 4.79 Å². The molecule has 0 bridgehead atoms. The zero-order valence-electron chi connectivity index (χ0n) is 14.5. The minimum Gasteiger partial charge on any atom is -0.376 e. The van der Waals surface area contributed by atoms with Crippen LogP contribution in [0.2, 0.25) is 0 Å². The van der Waals surface area contributed by atoms with Crippen molar-refractivity contribution in [3.63, 3.8) is 0 Å². The minimum atomic E-state index is -0.630. The molecule has 8 heteroatoms. The quantitative estimate of drug-likeness (QED) is 0.574. The van der Waals surface area contributed by atoms with Gasteiger partial charge in [-0.2, -0.15) is 0 Å². The Hall–Kier alpha value is -3.42. The largest absolute Gasteiger partial charge is 0.376 e. The lowest BCUT2D eigenvalue weighted by atomic mass is 10.0. The first kappa shape index (κ1) is 18.9. The van der Waals surface area contributed by atoms with Gasteiger partial charge in [-0.1, -0.05) is 0 Å². The van der Waals surface area contributed by atoms with E-state index in [0.717, 1.165) is 11.8 Å². The number of anilines is 2. The number of rotatable bonds is 6. The van der Waals surface area contributed by atoms with E-state index >= 15 is 0 Å². The van der Waals surface area contributed by atoms with E-state index in [0.29, 0.717) is 12.2 Å². The van der Waals surface area contributed by atoms with Gasteiger partial charge in [0.15, 0.2) is 5.78 Å². The molecule has 0 atom stereocenters. The highest BCUT2D eigenvalue weighted by Crippen LogP contribution is 2.14. The summed E-state index contributed by atoms with van der Waals surface area (Å²) in [6, 6.07) is 6.07. The van der Waals surface area contributed by atoms with Crippen LogP contribution in [-0.4, -0.2) is 36.6 Å². The van der Waals surface area contributed by atoms with Gasteiger partial charge in [-0.15, -0.1) is 0 Å². The molecule has 1 aromatic rings. The van der Waals surface area contributed by atoms with Crippen molar-refractivity contribution in [3.05, 3.63) is 47.7 Å². The summed E-state index contributed by atoms with van der Waals surface area (Å²) in [5.41, 5.74) is 1.43. The maximum absolute atomic E-state index is 12.0. The predicted octanol–water partition coefficient (Wildman–Crippen LogP) is 1.34. The van der Waals surface area contributed by atoms with Crippen LogP contribution < -0.4 is 21.3 Å². The van der Waals surface area contributed by atoms with Crippen molar-refractivity contribution >= 4 is 34.9 Å². The molecule has 4 N–H and O–H groups in total. The van der Waals surface area contributed by atoms with Gasteiger partial charge in [-0.05, 0) is 44.2 Å². The number of hydrogen-bond acceptors (Lipinski definition) is 5. The topological polar surface area (TPSA) is 116 Å². The fraction of sp³-hybridized carbons (Fsp3) is 0.222. The molecule has 3 amide bonds. The van der Waals surface area contributed by atoms with E-state index in [9.17, 15) is 19.2 Å². The fourth-order valence-corrected chi connectivity index (χ4v) is 2.23. The lowest BCUT2D eigenvalue weighted by molar-refractivity contribution is -0.119. The summed E-state index contributed by atoms with van der Waals surface area (Å²) < 4.78 is 0. The second-order valence-corrected chi connectivity index (χ2v) is 5.58. The molecular formula is C18H20N4O4. The maximum Gasteiger partial charge on any atom is 0.323 e. The van der Waals surface area contributed by atoms with Gasteiger partial charge >= 0.3 is 6.03 Å². The van der Waals surface area contributed by atoms with Gasteiger partial charge < -0.3 is 21.3 Å². The molecule has 0 heterocycles. The van der Waals surface area contributed by atoms with Crippen molar-refractivity contribution in [2.75, 3.05) is 23.7 Å². The maximum atomic E-state index is 12.0. The number of likely N-dealkylation sites (N-methyl/N-ethyl adjacent to an activating group) is 1. The van der Waals surface area contributed by atoms with Crippen LogP contribution in [0, 0.1) is 0 Å². The van der Waals surface area contributed by atoms with Crippen molar-refractivity contribution < 1.29 is 19.2 Å². The molecule has 1 aromatic carbocycles. The minimum absolute atomic E-state index is 0.0623. The number of carbonyl (C=O) groups is 4. The molecule has 26 heavy (non-hydrogen) atoms. The smallest absolute Gasteiger partial charge is 0.323 e. The molecule has 0 spiro atoms. The zero-order valence-corrected chi connectivity index (χ0v) is 14.5. The van der Waals surface area contributed by atoms with E-state index in [2.05, 4.69) is 21.3 Å². The molecule has 1 aliphatic carbocycles. The molecule has 0 radical (unpaired) electrons. The Kier molecular flexibility index (Phi) is 6.26.